The fourth-order valence-corrected chi connectivity index (χ4v) is 8.35. The summed E-state index contributed by atoms with van der Waals surface area (Å²) in [5, 5.41) is 18.2. The van der Waals surface area contributed by atoms with Crippen LogP contribution in [-0.2, 0) is 32.7 Å². The van der Waals surface area contributed by atoms with E-state index in [9.17, 15) is 19.2 Å². The second-order valence-electron chi connectivity index (χ2n) is 15.3. The van der Waals surface area contributed by atoms with Crippen LogP contribution in [0.3, 0.4) is 0 Å². The number of nitrogens with zero attached hydrogens (tertiary/aromatic N) is 10. The molecule has 1 aromatic carbocycles. The van der Waals surface area contributed by atoms with Crippen molar-refractivity contribution in [1.82, 2.24) is 53.9 Å². The number of pyridine rings is 1. The van der Waals surface area contributed by atoms with Gasteiger partial charge >= 0.3 is 0 Å². The van der Waals surface area contributed by atoms with Crippen LogP contribution in [0.25, 0.3) is 22.2 Å². The summed E-state index contributed by atoms with van der Waals surface area (Å²) in [7, 11) is 0. The third-order valence-electron chi connectivity index (χ3n) is 11.2. The number of rotatable bonds is 14. The monoisotopic (exact) mass is 816 g/mol. The van der Waals surface area contributed by atoms with Gasteiger partial charge in [0.2, 0.25) is 23.7 Å². The van der Waals surface area contributed by atoms with E-state index in [1.165, 1.54) is 16.9 Å². The van der Waals surface area contributed by atoms with Crippen LogP contribution in [0.2, 0.25) is 0 Å². The molecule has 2 fully saturated rings. The number of carbonyl (C=O) groups is 4. The predicted octanol–water partition coefficient (Wildman–Crippen LogP) is 2.02. The van der Waals surface area contributed by atoms with E-state index < -0.39 is 17.7 Å². The number of carbonyl (C=O) groups excluding carboxylic acids is 4. The zero-order valence-corrected chi connectivity index (χ0v) is 33.9. The minimum atomic E-state index is -0.670. The molecule has 5 aromatic heterocycles. The molecule has 9 N–H and O–H groups in total. The maximum absolute atomic E-state index is 13.8. The molecule has 0 radical (unpaired) electrons. The first-order valence-corrected chi connectivity index (χ1v) is 19.9. The molecule has 0 bridgehead atoms. The van der Waals surface area contributed by atoms with Crippen molar-refractivity contribution in [2.24, 2.45) is 23.3 Å². The lowest BCUT2D eigenvalue weighted by molar-refractivity contribution is 0.0991. The Balaban J connectivity index is 1.16. The van der Waals surface area contributed by atoms with Crippen molar-refractivity contribution in [3.63, 3.8) is 0 Å². The molecule has 312 valence electrons. The van der Waals surface area contributed by atoms with Gasteiger partial charge in [-0.1, -0.05) is 12.2 Å². The number of allylic oxidation sites excluding steroid dienone is 2. The topological polar surface area (TPSA) is 270 Å². The van der Waals surface area contributed by atoms with Gasteiger partial charge in [0, 0.05) is 57.6 Å². The summed E-state index contributed by atoms with van der Waals surface area (Å²) in [4.78, 5) is 68.5. The summed E-state index contributed by atoms with van der Waals surface area (Å²) in [5.41, 5.74) is 23.0. The predicted molar refractivity (Wildman–Crippen MR) is 224 cm³/mol. The van der Waals surface area contributed by atoms with E-state index in [2.05, 4.69) is 41.0 Å². The van der Waals surface area contributed by atoms with E-state index in [0.717, 1.165) is 37.3 Å². The van der Waals surface area contributed by atoms with Crippen LogP contribution in [0.5, 0.6) is 0 Å². The molecule has 7 heterocycles. The molecule has 60 heavy (non-hydrogen) atoms. The van der Waals surface area contributed by atoms with Crippen LogP contribution in [0, 0.1) is 25.7 Å². The zero-order valence-electron chi connectivity index (χ0n) is 33.9. The van der Waals surface area contributed by atoms with Gasteiger partial charge in [0.1, 0.15) is 16.9 Å². The fraction of sp³-hybridized carbons (Fsp3) is 0.375. The third kappa shape index (κ3) is 7.45. The number of primary amides is 2. The normalized spacial score (nSPS) is 16.7. The minimum absolute atomic E-state index is 0.158. The second-order valence-corrected chi connectivity index (χ2v) is 15.3. The number of hydrogen-bond donors (Lipinski definition) is 6. The van der Waals surface area contributed by atoms with Crippen molar-refractivity contribution in [3.05, 3.63) is 82.1 Å². The van der Waals surface area contributed by atoms with Gasteiger partial charge < -0.3 is 27.1 Å². The van der Waals surface area contributed by atoms with Crippen LogP contribution < -0.4 is 33.2 Å². The molecule has 2 aliphatic heterocycles. The summed E-state index contributed by atoms with van der Waals surface area (Å²) in [6.45, 7) is 13.0. The molecule has 6 aromatic rings. The average Bonchev–Trinajstić information content (AvgIpc) is 4.06. The van der Waals surface area contributed by atoms with Crippen molar-refractivity contribution in [3.8, 4) is 0 Å². The Morgan fingerprint density at radius 3 is 2.13 bits per heavy atom. The van der Waals surface area contributed by atoms with Crippen LogP contribution in [-0.4, -0.2) is 98.4 Å². The number of imidazole rings is 2. The van der Waals surface area contributed by atoms with E-state index in [1.807, 2.05) is 43.6 Å². The highest BCUT2D eigenvalue weighted by atomic mass is 16.2. The molecule has 0 aliphatic carbocycles. The summed E-state index contributed by atoms with van der Waals surface area (Å²) < 4.78 is 6.75. The summed E-state index contributed by atoms with van der Waals surface area (Å²) in [5.74, 6) is -0.620. The summed E-state index contributed by atoms with van der Waals surface area (Å²) in [6.07, 6.45) is 5.13. The second kappa shape index (κ2) is 16.0. The van der Waals surface area contributed by atoms with Crippen LogP contribution in [0.1, 0.15) is 72.5 Å². The third-order valence-corrected chi connectivity index (χ3v) is 11.2. The number of fused-ring (bicyclic) bond motifs is 3. The molecular formula is C40H48N16O4. The largest absolute Gasteiger partial charge is 0.395 e. The standard InChI is InChI=1S/C40H48N16O4/c1-5-55-30(11-21(3)50-55)37(59)48-39-46-28-13-23(34(42)57)12-25(18-52-19-26-15-44-16-27(26)20-52)32(28)53(39)9-7-8-10-54-36-29(14-24(17-45-36)35(43)58)47-40(54)49-38(60)33-31(41)22(4)51-56(33)6-2/h7-8,11-14,17,26-27,44H,5-6,9-10,15-16,18-20,41H2,1-4H3,(H2,42,57)(H2,43,58)(H,46,48,59)(H,47,49,60)/b8-7+. The number of amides is 4. The van der Waals surface area contributed by atoms with E-state index in [0.29, 0.717) is 70.8 Å². The Morgan fingerprint density at radius 1 is 0.817 bits per heavy atom. The number of aryl methyl sites for hydroxylation is 4. The van der Waals surface area contributed by atoms with Crippen molar-refractivity contribution < 1.29 is 19.2 Å². The maximum atomic E-state index is 13.8. The van der Waals surface area contributed by atoms with E-state index in [4.69, 9.17) is 22.2 Å². The number of benzene rings is 1. The first-order valence-electron chi connectivity index (χ1n) is 19.9. The zero-order chi connectivity index (χ0) is 42.4. The SMILES string of the molecule is CCn1nc(C)cc1C(=O)Nc1nc2cc(C(N)=O)cc(CN3CC4CNCC4C3)c2n1C/C=C/Cn1c(NC(=O)c2c(N)c(C)nn2CC)nc2cc(C(N)=O)cnc21. The Bertz CT molecular complexity index is 2710. The van der Waals surface area contributed by atoms with Crippen LogP contribution >= 0.6 is 0 Å². The van der Waals surface area contributed by atoms with Gasteiger partial charge in [-0.05, 0) is 82.4 Å². The van der Waals surface area contributed by atoms with Crippen molar-refractivity contribution in [2.75, 3.05) is 42.5 Å². The number of nitrogens with one attached hydrogen (secondary N) is 3. The average molecular weight is 817 g/mol. The van der Waals surface area contributed by atoms with Gasteiger partial charge in [0.15, 0.2) is 5.65 Å². The molecular weight excluding hydrogens is 769 g/mol. The smallest absolute Gasteiger partial charge is 0.278 e. The molecule has 0 saturated carbocycles. The molecule has 2 unspecified atom stereocenters. The highest BCUT2D eigenvalue weighted by Gasteiger charge is 2.36. The first kappa shape index (κ1) is 39.9. The van der Waals surface area contributed by atoms with Gasteiger partial charge in [0.25, 0.3) is 11.8 Å². The quantitative estimate of drug-likeness (QED) is 0.0863. The maximum Gasteiger partial charge on any atom is 0.278 e. The Morgan fingerprint density at radius 2 is 1.45 bits per heavy atom. The molecule has 2 aliphatic rings. The minimum Gasteiger partial charge on any atom is -0.395 e. The Labute approximate surface area is 344 Å². The lowest BCUT2D eigenvalue weighted by Crippen LogP contribution is -2.26. The van der Waals surface area contributed by atoms with Crippen LogP contribution in [0.15, 0.2) is 42.6 Å². The highest BCUT2D eigenvalue weighted by molar-refractivity contribution is 6.07. The van der Waals surface area contributed by atoms with Crippen molar-refractivity contribution in [1.29, 1.82) is 0 Å². The molecule has 4 amide bonds. The van der Waals surface area contributed by atoms with Crippen molar-refractivity contribution in [2.45, 2.75) is 60.4 Å². The van der Waals surface area contributed by atoms with Gasteiger partial charge in [-0.3, -0.25) is 48.6 Å². The number of anilines is 3. The first-order chi connectivity index (χ1) is 28.8. The Kier molecular flexibility index (Phi) is 10.6. The fourth-order valence-electron chi connectivity index (χ4n) is 8.35. The number of likely N-dealkylation sites (tertiary alicyclic amines) is 1. The van der Waals surface area contributed by atoms with Crippen LogP contribution in [0.4, 0.5) is 17.6 Å². The summed E-state index contributed by atoms with van der Waals surface area (Å²) in [6, 6.07) is 6.70. The number of nitrogen functional groups attached to an aromatic ring is 1. The van der Waals surface area contributed by atoms with E-state index >= 15 is 0 Å². The van der Waals surface area contributed by atoms with E-state index in [1.54, 1.807) is 28.3 Å². The van der Waals surface area contributed by atoms with E-state index in [-0.39, 0.29) is 47.8 Å². The molecule has 20 heteroatoms. The van der Waals surface area contributed by atoms with Gasteiger partial charge in [-0.2, -0.15) is 10.2 Å². The molecule has 8 rings (SSSR count). The lowest BCUT2D eigenvalue weighted by Gasteiger charge is -2.19. The lowest BCUT2D eigenvalue weighted by atomic mass is 10.0. The number of aromatic nitrogens is 9. The molecule has 2 saturated heterocycles. The highest BCUT2D eigenvalue weighted by Crippen LogP contribution is 2.32. The van der Waals surface area contributed by atoms with Gasteiger partial charge in [-0.25, -0.2) is 15.0 Å². The van der Waals surface area contributed by atoms with Crippen molar-refractivity contribution >= 4 is 63.4 Å². The Hall–Kier alpha value is -6.93. The summed E-state index contributed by atoms with van der Waals surface area (Å²) >= 11 is 0. The number of hydrogen-bond acceptors (Lipinski definition) is 12. The molecule has 0 spiro atoms. The van der Waals surface area contributed by atoms with Gasteiger partial charge in [0.05, 0.1) is 33.7 Å². The molecule has 20 nitrogen and oxygen atoms in total. The number of nitrogens with two attached hydrogens (primary N) is 3. The molecule has 2 atom stereocenters. The van der Waals surface area contributed by atoms with Gasteiger partial charge in [-0.15, -0.1) is 0 Å².